The molecule has 38 heavy (non-hydrogen) atoms. The number of aromatic amines is 1. The van der Waals surface area contributed by atoms with E-state index < -0.39 is 55.2 Å². The first kappa shape index (κ1) is 29.8. The van der Waals surface area contributed by atoms with E-state index >= 15 is 0 Å². The third-order valence-electron chi connectivity index (χ3n) is 5.82. The summed E-state index contributed by atoms with van der Waals surface area (Å²) in [7, 11) is -4.43. The molecule has 13 nitrogen and oxygen atoms in total. The summed E-state index contributed by atoms with van der Waals surface area (Å²) in [6.07, 6.45) is -1.83. The van der Waals surface area contributed by atoms with Gasteiger partial charge in [-0.05, 0) is 39.3 Å². The number of carbonyl (C=O) groups is 1. The molecule has 0 radical (unpaired) electrons. The van der Waals surface area contributed by atoms with E-state index in [1.807, 2.05) is 6.92 Å². The van der Waals surface area contributed by atoms with Crippen molar-refractivity contribution in [3.8, 4) is 5.75 Å². The van der Waals surface area contributed by atoms with E-state index in [-0.39, 0.29) is 19.0 Å². The highest BCUT2D eigenvalue weighted by atomic mass is 31.2. The summed E-state index contributed by atoms with van der Waals surface area (Å²) in [5.74, 6) is -0.521. The minimum absolute atomic E-state index is 0.120. The van der Waals surface area contributed by atoms with Gasteiger partial charge in [-0.1, -0.05) is 31.5 Å². The Labute approximate surface area is 219 Å². The summed E-state index contributed by atoms with van der Waals surface area (Å²) >= 11 is 0. The van der Waals surface area contributed by atoms with Crippen LogP contribution in [0.25, 0.3) is 0 Å². The van der Waals surface area contributed by atoms with Crippen LogP contribution in [0.5, 0.6) is 5.75 Å². The monoisotopic (exact) mass is 555 g/mol. The number of carbonyl (C=O) groups excluding carboxylic acids is 1. The zero-order valence-corrected chi connectivity index (χ0v) is 22.6. The average Bonchev–Trinajstić information content (AvgIpc) is 3.09. The highest BCUT2D eigenvalue weighted by Crippen LogP contribution is 2.51. The van der Waals surface area contributed by atoms with E-state index in [0.29, 0.717) is 6.42 Å². The molecule has 3 N–H and O–H groups in total. The number of aliphatic hydroxyl groups is 1. The summed E-state index contributed by atoms with van der Waals surface area (Å²) in [5.41, 5.74) is -3.00. The minimum Gasteiger partial charge on any atom is -0.465 e. The summed E-state index contributed by atoms with van der Waals surface area (Å²) in [6.45, 7) is 6.85. The molecule has 0 aliphatic carbocycles. The largest absolute Gasteiger partial charge is 0.465 e. The fourth-order valence-electron chi connectivity index (χ4n) is 3.82. The molecule has 0 spiro atoms. The predicted molar refractivity (Wildman–Crippen MR) is 135 cm³/mol. The van der Waals surface area contributed by atoms with Crippen LogP contribution in [0.1, 0.15) is 46.8 Å². The maximum atomic E-state index is 13.9. The number of rotatable bonds is 13. The van der Waals surface area contributed by atoms with Crippen LogP contribution in [0.15, 0.2) is 52.2 Å². The van der Waals surface area contributed by atoms with Gasteiger partial charge in [0.15, 0.2) is 6.23 Å². The Hall–Kier alpha value is -2.80. The lowest BCUT2D eigenvalue weighted by molar-refractivity contribution is -0.146. The molecule has 1 fully saturated rings. The molecule has 14 heteroatoms. The number of unbranched alkanes of at least 4 members (excludes halogenated alkanes) is 1. The topological polar surface area (TPSA) is 167 Å². The Morgan fingerprint density at radius 2 is 1.97 bits per heavy atom. The van der Waals surface area contributed by atoms with Gasteiger partial charge in [-0.3, -0.25) is 23.7 Å². The normalized spacial score (nSPS) is 25.4. The highest BCUT2D eigenvalue weighted by Gasteiger charge is 2.58. The molecular formula is C24H34N3O10P. The van der Waals surface area contributed by atoms with Crippen LogP contribution in [-0.4, -0.2) is 57.9 Å². The summed E-state index contributed by atoms with van der Waals surface area (Å²) < 4.78 is 43.1. The lowest BCUT2D eigenvalue weighted by Crippen LogP contribution is -2.49. The summed E-state index contributed by atoms with van der Waals surface area (Å²) in [5, 5.41) is 13.7. The second kappa shape index (κ2) is 12.8. The van der Waals surface area contributed by atoms with Gasteiger partial charge in [0, 0.05) is 18.9 Å². The molecule has 2 aromatic rings. The Morgan fingerprint density at radius 3 is 2.61 bits per heavy atom. The first-order valence-corrected chi connectivity index (χ1v) is 13.8. The number of aromatic nitrogens is 2. The number of hydrogen-bond donors (Lipinski definition) is 3. The molecule has 1 saturated heterocycles. The first-order valence-electron chi connectivity index (χ1n) is 12.3. The van der Waals surface area contributed by atoms with Crippen molar-refractivity contribution in [2.45, 2.75) is 70.8 Å². The van der Waals surface area contributed by atoms with Crippen LogP contribution < -0.4 is 20.9 Å². The number of nitrogens with one attached hydrogen (secondary N) is 2. The van der Waals surface area contributed by atoms with E-state index in [1.54, 1.807) is 25.1 Å². The van der Waals surface area contributed by atoms with Crippen molar-refractivity contribution in [2.24, 2.45) is 0 Å². The third-order valence-corrected chi connectivity index (χ3v) is 7.46. The van der Waals surface area contributed by atoms with Crippen LogP contribution >= 0.6 is 7.75 Å². The van der Waals surface area contributed by atoms with Gasteiger partial charge >= 0.3 is 19.4 Å². The Bertz CT molecular complexity index is 1240. The van der Waals surface area contributed by atoms with Crippen LogP contribution in [0.4, 0.5) is 0 Å². The minimum atomic E-state index is -4.43. The van der Waals surface area contributed by atoms with Gasteiger partial charge in [0.2, 0.25) is 6.29 Å². The van der Waals surface area contributed by atoms with Gasteiger partial charge in [0.25, 0.3) is 5.56 Å². The van der Waals surface area contributed by atoms with Crippen molar-refractivity contribution < 1.29 is 37.7 Å². The molecule has 1 aromatic carbocycles. The Kier molecular flexibility index (Phi) is 10.0. The molecule has 0 saturated carbocycles. The van der Waals surface area contributed by atoms with Crippen LogP contribution in [-0.2, 0) is 28.1 Å². The first-order chi connectivity index (χ1) is 18.0. The molecule has 3 rings (SSSR count). The van der Waals surface area contributed by atoms with E-state index in [2.05, 4.69) is 10.1 Å². The fraction of sp³-hybridized carbons (Fsp3) is 0.542. The standard InChI is InChI=1S/C24H34N3O10P/c1-5-7-15-33-20(30)16(3)26-38(32,36-17-11-9-8-10-12-17)37-21-19(29)24(4,34-6-2)22(35-21)27-14-13-18(28)25-23(27)31/h8-14,16,19,21-22,29H,5-7,15H2,1-4H3,(H,26,32)(H,25,28,31)/t16-,19+,21?,22+,24+,38?/m0/s1. The molecule has 1 aromatic heterocycles. The van der Waals surface area contributed by atoms with Gasteiger partial charge in [-0.2, -0.15) is 5.09 Å². The maximum Gasteiger partial charge on any atom is 0.461 e. The van der Waals surface area contributed by atoms with E-state index in [1.165, 1.54) is 32.2 Å². The molecular weight excluding hydrogens is 521 g/mol. The number of hydrogen-bond acceptors (Lipinski definition) is 10. The Morgan fingerprint density at radius 1 is 1.26 bits per heavy atom. The molecule has 1 aliphatic heterocycles. The zero-order valence-electron chi connectivity index (χ0n) is 21.7. The van der Waals surface area contributed by atoms with Crippen molar-refractivity contribution >= 4 is 13.7 Å². The second-order valence-corrected chi connectivity index (χ2v) is 10.5. The van der Waals surface area contributed by atoms with Crippen molar-refractivity contribution in [3.05, 3.63) is 63.4 Å². The second-order valence-electron chi connectivity index (χ2n) is 8.81. The molecule has 1 aliphatic rings. The molecule has 210 valence electrons. The molecule has 0 amide bonds. The van der Waals surface area contributed by atoms with Crippen molar-refractivity contribution in [1.29, 1.82) is 0 Å². The number of para-hydroxylation sites is 1. The predicted octanol–water partition coefficient (Wildman–Crippen LogP) is 2.07. The highest BCUT2D eigenvalue weighted by molar-refractivity contribution is 7.52. The van der Waals surface area contributed by atoms with Crippen molar-refractivity contribution in [2.75, 3.05) is 13.2 Å². The average molecular weight is 556 g/mol. The van der Waals surface area contributed by atoms with Crippen LogP contribution in [0, 0.1) is 0 Å². The fourth-order valence-corrected chi connectivity index (χ4v) is 5.40. The van der Waals surface area contributed by atoms with Crippen LogP contribution in [0.2, 0.25) is 0 Å². The number of H-pyrrole nitrogens is 1. The van der Waals surface area contributed by atoms with Gasteiger partial charge in [-0.25, -0.2) is 9.36 Å². The lowest BCUT2D eigenvalue weighted by atomic mass is 9.99. The molecule has 2 unspecified atom stereocenters. The SMILES string of the molecule is CCCCOC(=O)[C@H](C)NP(=O)(Oc1ccccc1)OC1O[C@@H](n2ccc(=O)[nH]c2=O)[C@](C)(OCC)[C@@H]1O. The molecule has 6 atom stereocenters. The Balaban J connectivity index is 1.91. The number of benzene rings is 1. The number of esters is 1. The van der Waals surface area contributed by atoms with Crippen molar-refractivity contribution in [1.82, 2.24) is 14.6 Å². The van der Waals surface area contributed by atoms with Gasteiger partial charge < -0.3 is 23.8 Å². The van der Waals surface area contributed by atoms with Gasteiger partial charge in [0.1, 0.15) is 23.5 Å². The summed E-state index contributed by atoms with van der Waals surface area (Å²) in [6, 6.07) is 8.07. The maximum absolute atomic E-state index is 13.9. The molecule has 0 bridgehead atoms. The van der Waals surface area contributed by atoms with E-state index in [0.717, 1.165) is 17.1 Å². The quantitative estimate of drug-likeness (QED) is 0.188. The number of ether oxygens (including phenoxy) is 3. The van der Waals surface area contributed by atoms with Crippen LogP contribution in [0.3, 0.4) is 0 Å². The number of nitrogens with zero attached hydrogens (tertiary/aromatic N) is 1. The van der Waals surface area contributed by atoms with Gasteiger partial charge in [-0.15, -0.1) is 0 Å². The lowest BCUT2D eigenvalue weighted by Gasteiger charge is -2.32. The zero-order chi connectivity index (χ0) is 27.9. The third kappa shape index (κ3) is 6.99. The van der Waals surface area contributed by atoms with Crippen molar-refractivity contribution in [3.63, 3.8) is 0 Å². The molecule has 2 heterocycles. The smallest absolute Gasteiger partial charge is 0.461 e. The van der Waals surface area contributed by atoms with E-state index in [4.69, 9.17) is 23.3 Å². The van der Waals surface area contributed by atoms with E-state index in [9.17, 15) is 24.1 Å². The van der Waals surface area contributed by atoms with Gasteiger partial charge in [0.05, 0.1) is 6.61 Å². The summed E-state index contributed by atoms with van der Waals surface area (Å²) in [4.78, 5) is 38.6. The number of aliphatic hydroxyl groups excluding tert-OH is 1.